The minimum absolute atomic E-state index is 0.196. The minimum Gasteiger partial charge on any atom is -0.507 e. The Morgan fingerprint density at radius 3 is 1.61 bits per heavy atom. The number of ketones is 2. The maximum Gasteiger partial charge on any atom is 0.202 e. The van der Waals surface area contributed by atoms with Crippen molar-refractivity contribution in [2.24, 2.45) is 0 Å². The van der Waals surface area contributed by atoms with Crippen molar-refractivity contribution >= 4 is 22.8 Å². The van der Waals surface area contributed by atoms with Crippen LogP contribution in [0.1, 0.15) is 58.9 Å². The standard InChI is InChI=1S/C28H36N2O6/c1-5-9-29(10-6-2)17-13-19(31)23(20(32)14-17)25-27(35)26(28(25)36)24-21(33)15-18(16-22(24)34)30(11-7-3)12-8-4/h13-16,31-33,35H,5-12H2,1-4H3. The molecule has 194 valence electrons. The maximum atomic E-state index is 13.1. The summed E-state index contributed by atoms with van der Waals surface area (Å²) in [5.41, 5.74) is 0.0655. The Bertz CT molecular complexity index is 1140. The third kappa shape index (κ3) is 4.98. The quantitative estimate of drug-likeness (QED) is 0.319. The van der Waals surface area contributed by atoms with Gasteiger partial charge in [-0.05, 0) is 25.7 Å². The summed E-state index contributed by atoms with van der Waals surface area (Å²) < 4.78 is 0. The van der Waals surface area contributed by atoms with E-state index in [0.29, 0.717) is 24.5 Å². The molecule has 0 heterocycles. The number of aliphatic hydroxyl groups excluding tert-OH is 2. The summed E-state index contributed by atoms with van der Waals surface area (Å²) in [6, 6.07) is 2.90. The summed E-state index contributed by atoms with van der Waals surface area (Å²) >= 11 is 0. The van der Waals surface area contributed by atoms with Gasteiger partial charge >= 0.3 is 0 Å². The van der Waals surface area contributed by atoms with Crippen LogP contribution in [0.3, 0.4) is 0 Å². The van der Waals surface area contributed by atoms with Crippen LogP contribution in [0, 0.1) is 0 Å². The van der Waals surface area contributed by atoms with Gasteiger partial charge in [-0.2, -0.15) is 0 Å². The van der Waals surface area contributed by atoms with Gasteiger partial charge in [0.2, 0.25) is 5.78 Å². The van der Waals surface area contributed by atoms with E-state index in [1.54, 1.807) is 0 Å². The van der Waals surface area contributed by atoms with Crippen LogP contribution in [-0.4, -0.2) is 63.1 Å². The number of aliphatic hydroxyl groups is 2. The van der Waals surface area contributed by atoms with Crippen LogP contribution in [0.25, 0.3) is 5.57 Å². The fourth-order valence-electron chi connectivity index (χ4n) is 4.74. The van der Waals surface area contributed by atoms with Crippen molar-refractivity contribution in [3.8, 4) is 11.5 Å². The van der Waals surface area contributed by atoms with Crippen LogP contribution in [0.4, 0.5) is 5.69 Å². The van der Waals surface area contributed by atoms with E-state index in [2.05, 4.69) is 0 Å². The Labute approximate surface area is 212 Å². The van der Waals surface area contributed by atoms with Gasteiger partial charge < -0.3 is 30.2 Å². The van der Waals surface area contributed by atoms with Crippen LogP contribution in [-0.2, 0) is 9.59 Å². The lowest BCUT2D eigenvalue weighted by Gasteiger charge is -2.29. The van der Waals surface area contributed by atoms with Crippen molar-refractivity contribution in [3.05, 3.63) is 58.2 Å². The monoisotopic (exact) mass is 496 g/mol. The predicted octanol–water partition coefficient (Wildman–Crippen LogP) is 4.90. The van der Waals surface area contributed by atoms with E-state index < -0.39 is 23.1 Å². The van der Waals surface area contributed by atoms with Crippen molar-refractivity contribution in [3.63, 3.8) is 0 Å². The molecule has 0 amide bonds. The molecule has 8 heteroatoms. The van der Waals surface area contributed by atoms with E-state index in [-0.39, 0.29) is 33.8 Å². The third-order valence-electron chi connectivity index (χ3n) is 6.28. The summed E-state index contributed by atoms with van der Waals surface area (Å²) in [5, 5.41) is 42.8. The summed E-state index contributed by atoms with van der Waals surface area (Å²) in [6.45, 7) is 11.0. The Morgan fingerprint density at radius 1 is 0.667 bits per heavy atom. The van der Waals surface area contributed by atoms with Crippen molar-refractivity contribution in [2.75, 3.05) is 31.1 Å². The second kappa shape index (κ2) is 11.4. The lowest BCUT2D eigenvalue weighted by atomic mass is 9.78. The average Bonchev–Trinajstić information content (AvgIpc) is 2.82. The molecule has 0 atom stereocenters. The highest BCUT2D eigenvalue weighted by molar-refractivity contribution is 6.42. The Kier molecular flexibility index (Phi) is 8.50. The van der Waals surface area contributed by atoms with Crippen LogP contribution in [0.15, 0.2) is 52.6 Å². The Morgan fingerprint density at radius 2 is 1.17 bits per heavy atom. The summed E-state index contributed by atoms with van der Waals surface area (Å²) in [6.07, 6.45) is 6.25. The zero-order chi connectivity index (χ0) is 26.6. The number of aromatic hydroxyl groups is 2. The van der Waals surface area contributed by atoms with E-state index in [4.69, 9.17) is 0 Å². The lowest BCUT2D eigenvalue weighted by molar-refractivity contribution is -0.114. The van der Waals surface area contributed by atoms with Gasteiger partial charge in [0, 0.05) is 61.8 Å². The first-order valence-electron chi connectivity index (χ1n) is 12.7. The first kappa shape index (κ1) is 26.9. The van der Waals surface area contributed by atoms with Crippen molar-refractivity contribution in [1.29, 1.82) is 0 Å². The van der Waals surface area contributed by atoms with E-state index in [0.717, 1.165) is 38.8 Å². The maximum absolute atomic E-state index is 13.1. The Hall–Kier alpha value is -3.68. The van der Waals surface area contributed by atoms with Crippen LogP contribution in [0.2, 0.25) is 0 Å². The Balaban J connectivity index is 2.01. The molecule has 2 aliphatic carbocycles. The highest BCUT2D eigenvalue weighted by atomic mass is 16.3. The number of phenolic OH excluding ortho intramolecular Hbond substituents is 2. The molecule has 3 rings (SSSR count). The van der Waals surface area contributed by atoms with Gasteiger partial charge in [-0.25, -0.2) is 0 Å². The number of rotatable bonds is 11. The third-order valence-corrected chi connectivity index (χ3v) is 6.28. The molecular weight excluding hydrogens is 460 g/mol. The van der Waals surface area contributed by atoms with Crippen molar-refractivity contribution in [1.82, 2.24) is 4.90 Å². The van der Waals surface area contributed by atoms with E-state index in [9.17, 15) is 30.0 Å². The number of carbonyl (C=O) groups is 2. The minimum atomic E-state index is -0.732. The molecule has 4 N–H and O–H groups in total. The largest absolute Gasteiger partial charge is 0.507 e. The molecule has 0 saturated heterocycles. The zero-order valence-electron chi connectivity index (χ0n) is 21.5. The predicted molar refractivity (Wildman–Crippen MR) is 140 cm³/mol. The molecular formula is C28H36N2O6. The second-order valence-electron chi connectivity index (χ2n) is 9.10. The van der Waals surface area contributed by atoms with Crippen molar-refractivity contribution in [2.45, 2.75) is 53.4 Å². The van der Waals surface area contributed by atoms with E-state index in [1.807, 2.05) is 37.5 Å². The number of nitrogens with zero attached hydrogens (tertiary/aromatic N) is 2. The molecule has 0 aliphatic heterocycles. The number of anilines is 1. The normalized spacial score (nSPS) is 17.7. The highest BCUT2D eigenvalue weighted by Gasteiger charge is 2.42. The summed E-state index contributed by atoms with van der Waals surface area (Å²) in [5.74, 6) is -2.97. The lowest BCUT2D eigenvalue weighted by Crippen LogP contribution is -2.30. The van der Waals surface area contributed by atoms with Gasteiger partial charge in [-0.1, -0.05) is 27.7 Å². The molecule has 0 fully saturated rings. The molecule has 0 unspecified atom stereocenters. The number of carbonyl (C=O) groups excluding carboxylic acids is 2. The molecule has 36 heavy (non-hydrogen) atoms. The number of phenols is 2. The highest BCUT2D eigenvalue weighted by Crippen LogP contribution is 2.47. The number of hydrogen-bond donors (Lipinski definition) is 4. The fraction of sp³-hybridized carbons (Fsp3) is 0.429. The SMILES string of the molecule is CCCN(CCC)C1=CC(=O)C(=C2C(=O)C(c3c(O)cc(N(CCC)CCC)cc3O)=C2O)C(O)=C1. The van der Waals surface area contributed by atoms with E-state index in [1.165, 1.54) is 24.3 Å². The molecule has 8 nitrogen and oxygen atoms in total. The molecule has 0 aromatic heterocycles. The van der Waals surface area contributed by atoms with Gasteiger partial charge in [0.1, 0.15) is 23.0 Å². The summed E-state index contributed by atoms with van der Waals surface area (Å²) in [4.78, 5) is 30.0. The molecule has 2 aliphatic rings. The molecule has 0 saturated carbocycles. The molecule has 1 aromatic carbocycles. The molecule has 0 spiro atoms. The molecule has 0 radical (unpaired) electrons. The van der Waals surface area contributed by atoms with Crippen LogP contribution in [0.5, 0.6) is 11.5 Å². The first-order valence-corrected chi connectivity index (χ1v) is 12.7. The number of benzene rings is 1. The topological polar surface area (TPSA) is 122 Å². The van der Waals surface area contributed by atoms with Gasteiger partial charge in [-0.15, -0.1) is 0 Å². The first-order chi connectivity index (χ1) is 17.2. The molecule has 1 aromatic rings. The second-order valence-corrected chi connectivity index (χ2v) is 9.10. The average molecular weight is 497 g/mol. The van der Waals surface area contributed by atoms with E-state index >= 15 is 0 Å². The van der Waals surface area contributed by atoms with Gasteiger partial charge in [0.05, 0.1) is 22.3 Å². The van der Waals surface area contributed by atoms with Crippen LogP contribution >= 0.6 is 0 Å². The van der Waals surface area contributed by atoms with Crippen LogP contribution < -0.4 is 4.90 Å². The van der Waals surface area contributed by atoms with Gasteiger partial charge in [-0.3, -0.25) is 9.59 Å². The molecule has 0 bridgehead atoms. The number of allylic oxidation sites excluding steroid dienone is 5. The van der Waals surface area contributed by atoms with Gasteiger partial charge in [0.15, 0.2) is 5.78 Å². The fourth-order valence-corrected chi connectivity index (χ4v) is 4.74. The smallest absolute Gasteiger partial charge is 0.202 e. The van der Waals surface area contributed by atoms with Gasteiger partial charge in [0.25, 0.3) is 0 Å². The number of hydrogen-bond acceptors (Lipinski definition) is 8. The zero-order valence-corrected chi connectivity index (χ0v) is 21.5. The summed E-state index contributed by atoms with van der Waals surface area (Å²) in [7, 11) is 0. The van der Waals surface area contributed by atoms with Crippen molar-refractivity contribution < 1.29 is 30.0 Å². The number of Topliss-reactive ketones (excluding diaryl/α,β-unsaturated/α-hetero) is 1.